The van der Waals surface area contributed by atoms with E-state index in [1.54, 1.807) is 14.1 Å². The monoisotopic (exact) mass is 260 g/mol. The summed E-state index contributed by atoms with van der Waals surface area (Å²) < 4.78 is 12.0. The van der Waals surface area contributed by atoms with Crippen LogP contribution in [0.1, 0.15) is 20.3 Å². The van der Waals surface area contributed by atoms with Crippen molar-refractivity contribution in [2.45, 2.75) is 20.3 Å². The molecule has 2 N–H and O–H groups in total. The number of amides is 1. The lowest BCUT2D eigenvalue weighted by molar-refractivity contribution is -0.127. The van der Waals surface area contributed by atoms with Gasteiger partial charge in [-0.25, -0.2) is 4.99 Å². The van der Waals surface area contributed by atoms with Gasteiger partial charge in [0.1, 0.15) is 6.54 Å². The molecule has 6 heteroatoms. The summed E-state index contributed by atoms with van der Waals surface area (Å²) in [5.41, 5.74) is 0. The Bertz CT molecular complexity index is 267. The molecule has 0 saturated carbocycles. The van der Waals surface area contributed by atoms with Crippen LogP contribution in [0.25, 0.3) is 0 Å². The topological polar surface area (TPSA) is 56.7 Å². The van der Waals surface area contributed by atoms with E-state index in [0.717, 1.165) is 6.54 Å². The zero-order valence-electron chi connectivity index (χ0n) is 11.8. The van der Waals surface area contributed by atoms with E-state index in [4.69, 9.17) is 0 Å². The van der Waals surface area contributed by atoms with E-state index in [1.807, 2.05) is 0 Å². The lowest BCUT2D eigenvalue weighted by Crippen LogP contribution is -2.40. The fourth-order valence-corrected chi connectivity index (χ4v) is 1.04. The van der Waals surface area contributed by atoms with Gasteiger partial charge in [0, 0.05) is 27.2 Å². The minimum atomic E-state index is -0.360. The maximum absolute atomic E-state index is 12.0. The summed E-state index contributed by atoms with van der Waals surface area (Å²) in [5.74, 6) is 0.973. The van der Waals surface area contributed by atoms with Crippen LogP contribution in [0.15, 0.2) is 4.99 Å². The van der Waals surface area contributed by atoms with Crippen molar-refractivity contribution in [1.82, 2.24) is 15.5 Å². The molecule has 0 saturated heterocycles. The van der Waals surface area contributed by atoms with E-state index >= 15 is 0 Å². The third-order valence-electron chi connectivity index (χ3n) is 2.15. The van der Waals surface area contributed by atoms with Gasteiger partial charge in [-0.1, -0.05) is 13.8 Å². The third kappa shape index (κ3) is 8.78. The summed E-state index contributed by atoms with van der Waals surface area (Å²) >= 11 is 0. The molecule has 0 unspecified atom stereocenters. The highest BCUT2D eigenvalue weighted by Gasteiger charge is 2.04. The van der Waals surface area contributed by atoms with Gasteiger partial charge in [-0.05, 0) is 12.3 Å². The summed E-state index contributed by atoms with van der Waals surface area (Å²) in [4.78, 5) is 17.1. The average molecular weight is 260 g/mol. The van der Waals surface area contributed by atoms with Crippen LogP contribution in [0.2, 0.25) is 0 Å². The van der Waals surface area contributed by atoms with E-state index in [-0.39, 0.29) is 19.1 Å². The Labute approximate surface area is 109 Å². The van der Waals surface area contributed by atoms with Crippen LogP contribution in [0.3, 0.4) is 0 Å². The predicted octanol–water partition coefficient (Wildman–Crippen LogP) is 0.625. The Hall–Kier alpha value is -1.33. The number of likely N-dealkylation sites (N-methyl/N-ethyl adjacent to an activating group) is 1. The Balaban J connectivity index is 4.24. The number of guanidine groups is 1. The summed E-state index contributed by atoms with van der Waals surface area (Å²) in [6, 6.07) is 0. The third-order valence-corrected chi connectivity index (χ3v) is 2.15. The maximum Gasteiger partial charge on any atom is 0.243 e. The lowest BCUT2D eigenvalue weighted by Gasteiger charge is -2.14. The second-order valence-electron chi connectivity index (χ2n) is 4.70. The molecule has 5 nitrogen and oxygen atoms in total. The SMILES string of the molecule is CC(C)CNC(=NCC(=O)N(C)C)NCCCF. The molecule has 0 aromatic rings. The zero-order valence-corrected chi connectivity index (χ0v) is 11.8. The number of hydrogen-bond donors (Lipinski definition) is 2. The first kappa shape index (κ1) is 16.7. The summed E-state index contributed by atoms with van der Waals surface area (Å²) in [5, 5.41) is 6.12. The molecular weight excluding hydrogens is 235 g/mol. The predicted molar refractivity (Wildman–Crippen MR) is 72.4 cm³/mol. The number of rotatable bonds is 7. The number of hydrogen-bond acceptors (Lipinski definition) is 2. The van der Waals surface area contributed by atoms with E-state index in [2.05, 4.69) is 29.5 Å². The van der Waals surface area contributed by atoms with Gasteiger partial charge in [0.2, 0.25) is 5.91 Å². The Morgan fingerprint density at radius 3 is 2.50 bits per heavy atom. The van der Waals surface area contributed by atoms with Gasteiger partial charge in [0.05, 0.1) is 6.67 Å². The largest absolute Gasteiger partial charge is 0.356 e. The van der Waals surface area contributed by atoms with Crippen molar-refractivity contribution < 1.29 is 9.18 Å². The first-order valence-electron chi connectivity index (χ1n) is 6.25. The molecule has 0 aliphatic rings. The first-order chi connectivity index (χ1) is 8.47. The second kappa shape index (κ2) is 9.67. The van der Waals surface area contributed by atoms with Crippen LogP contribution in [-0.4, -0.2) is 57.2 Å². The molecule has 0 radical (unpaired) electrons. The number of alkyl halides is 1. The van der Waals surface area contributed by atoms with E-state index in [0.29, 0.717) is 24.8 Å². The molecule has 1 amide bonds. The Kier molecular flexibility index (Phi) is 8.96. The van der Waals surface area contributed by atoms with Crippen LogP contribution in [-0.2, 0) is 4.79 Å². The van der Waals surface area contributed by atoms with Crippen molar-refractivity contribution in [3.63, 3.8) is 0 Å². The summed E-state index contributed by atoms with van der Waals surface area (Å²) in [6.45, 7) is 5.17. The molecule has 106 valence electrons. The van der Waals surface area contributed by atoms with Crippen LogP contribution in [0, 0.1) is 5.92 Å². The quantitative estimate of drug-likeness (QED) is 0.401. The van der Waals surface area contributed by atoms with Gasteiger partial charge in [-0.2, -0.15) is 0 Å². The van der Waals surface area contributed by atoms with Gasteiger partial charge in [-0.3, -0.25) is 9.18 Å². The molecule has 0 aromatic heterocycles. The molecule has 0 aliphatic heterocycles. The second-order valence-corrected chi connectivity index (χ2v) is 4.70. The lowest BCUT2D eigenvalue weighted by atomic mass is 10.2. The van der Waals surface area contributed by atoms with E-state index < -0.39 is 0 Å². The normalized spacial score (nSPS) is 11.6. The fourth-order valence-electron chi connectivity index (χ4n) is 1.04. The fraction of sp³-hybridized carbons (Fsp3) is 0.833. The number of nitrogens with zero attached hydrogens (tertiary/aromatic N) is 2. The standard InChI is InChI=1S/C12H25FN4O/c1-10(2)8-15-12(14-7-5-6-13)16-9-11(18)17(3)4/h10H,5-9H2,1-4H3,(H2,14,15,16). The molecule has 0 atom stereocenters. The average Bonchev–Trinajstić information content (AvgIpc) is 2.31. The van der Waals surface area contributed by atoms with Crippen molar-refractivity contribution in [3.8, 4) is 0 Å². The summed E-state index contributed by atoms with van der Waals surface area (Å²) in [6.07, 6.45) is 0.435. The first-order valence-corrected chi connectivity index (χ1v) is 6.25. The molecule has 18 heavy (non-hydrogen) atoms. The number of nitrogens with one attached hydrogen (secondary N) is 2. The van der Waals surface area contributed by atoms with Crippen LogP contribution < -0.4 is 10.6 Å². The van der Waals surface area contributed by atoms with Crippen molar-refractivity contribution in [2.75, 3.05) is 40.4 Å². The number of carbonyl (C=O) groups excluding carboxylic acids is 1. The van der Waals surface area contributed by atoms with Gasteiger partial charge in [0.25, 0.3) is 0 Å². The number of carbonyl (C=O) groups is 1. The van der Waals surface area contributed by atoms with Gasteiger partial charge >= 0.3 is 0 Å². The molecule has 0 heterocycles. The molecule has 0 fully saturated rings. The molecule has 0 aliphatic carbocycles. The maximum atomic E-state index is 12.0. The Morgan fingerprint density at radius 2 is 2.00 bits per heavy atom. The zero-order chi connectivity index (χ0) is 14.0. The Morgan fingerprint density at radius 1 is 1.33 bits per heavy atom. The van der Waals surface area contributed by atoms with Crippen LogP contribution in [0.4, 0.5) is 4.39 Å². The molecule has 0 rings (SSSR count). The molecule has 0 spiro atoms. The van der Waals surface area contributed by atoms with E-state index in [9.17, 15) is 9.18 Å². The van der Waals surface area contributed by atoms with Gasteiger partial charge < -0.3 is 15.5 Å². The minimum Gasteiger partial charge on any atom is -0.356 e. The molecule has 0 bridgehead atoms. The number of aliphatic imine (C=N–C) groups is 1. The van der Waals surface area contributed by atoms with Crippen molar-refractivity contribution in [3.05, 3.63) is 0 Å². The van der Waals surface area contributed by atoms with Crippen LogP contribution >= 0.6 is 0 Å². The molecule has 0 aromatic carbocycles. The highest BCUT2D eigenvalue weighted by molar-refractivity contribution is 5.84. The van der Waals surface area contributed by atoms with Crippen LogP contribution in [0.5, 0.6) is 0 Å². The van der Waals surface area contributed by atoms with Gasteiger partial charge in [-0.15, -0.1) is 0 Å². The van der Waals surface area contributed by atoms with Gasteiger partial charge in [0.15, 0.2) is 5.96 Å². The number of halogens is 1. The summed E-state index contributed by atoms with van der Waals surface area (Å²) in [7, 11) is 3.38. The van der Waals surface area contributed by atoms with E-state index in [1.165, 1.54) is 4.90 Å². The van der Waals surface area contributed by atoms with Crippen molar-refractivity contribution in [1.29, 1.82) is 0 Å². The minimum absolute atomic E-state index is 0.0638. The smallest absolute Gasteiger partial charge is 0.243 e. The van der Waals surface area contributed by atoms with Crippen molar-refractivity contribution >= 4 is 11.9 Å². The highest BCUT2D eigenvalue weighted by Crippen LogP contribution is 1.88. The van der Waals surface area contributed by atoms with Crippen molar-refractivity contribution in [2.24, 2.45) is 10.9 Å². The highest BCUT2D eigenvalue weighted by atomic mass is 19.1. The molecular formula is C12H25FN4O.